The Morgan fingerprint density at radius 3 is 2.92 bits per heavy atom. The minimum atomic E-state index is 0.180. The first-order valence-electron chi connectivity index (χ1n) is 3.56. The van der Waals surface area contributed by atoms with E-state index in [2.05, 4.69) is 14.8 Å². The number of nitrogens with zero attached hydrogens (tertiary/aromatic N) is 4. The van der Waals surface area contributed by atoms with E-state index in [1.807, 2.05) is 11.9 Å². The molecule has 6 heteroatoms. The van der Waals surface area contributed by atoms with E-state index in [0.29, 0.717) is 13.0 Å². The summed E-state index contributed by atoms with van der Waals surface area (Å²) in [7, 11) is 1.87. The minimum absolute atomic E-state index is 0.180. The average Bonchev–Trinajstić information content (AvgIpc) is 2.51. The van der Waals surface area contributed by atoms with E-state index in [-0.39, 0.29) is 5.78 Å². The highest BCUT2D eigenvalue weighted by Gasteiger charge is 2.05. The van der Waals surface area contributed by atoms with Crippen LogP contribution in [0.5, 0.6) is 0 Å². The molecule has 12 heavy (non-hydrogen) atoms. The smallest absolute Gasteiger partial charge is 0.227 e. The Morgan fingerprint density at radius 1 is 1.67 bits per heavy atom. The summed E-state index contributed by atoms with van der Waals surface area (Å²) < 4.78 is 3.62. The van der Waals surface area contributed by atoms with Crippen molar-refractivity contribution in [2.24, 2.45) is 0 Å². The zero-order valence-electron chi connectivity index (χ0n) is 7.02. The van der Waals surface area contributed by atoms with Gasteiger partial charge >= 0.3 is 0 Å². The van der Waals surface area contributed by atoms with Crippen molar-refractivity contribution in [2.45, 2.75) is 13.3 Å². The highest BCUT2D eigenvalue weighted by atomic mass is 32.1. The zero-order chi connectivity index (χ0) is 8.97. The summed E-state index contributed by atoms with van der Waals surface area (Å²) in [6, 6.07) is 0. The van der Waals surface area contributed by atoms with Gasteiger partial charge in [-0.3, -0.25) is 4.79 Å². The molecule has 0 bridgehead atoms. The number of anilines is 1. The van der Waals surface area contributed by atoms with Gasteiger partial charge in [-0.25, -0.2) is 0 Å². The highest BCUT2D eigenvalue weighted by molar-refractivity contribution is 7.09. The second-order valence-electron chi connectivity index (χ2n) is 2.52. The van der Waals surface area contributed by atoms with Crippen molar-refractivity contribution in [1.82, 2.24) is 14.8 Å². The summed E-state index contributed by atoms with van der Waals surface area (Å²) in [6.45, 7) is 2.25. The molecule has 0 saturated carbocycles. The second kappa shape index (κ2) is 4.10. The van der Waals surface area contributed by atoms with Crippen molar-refractivity contribution in [3.8, 4) is 0 Å². The van der Waals surface area contributed by atoms with Crippen molar-refractivity contribution in [3.63, 3.8) is 0 Å². The van der Waals surface area contributed by atoms with Crippen LogP contribution in [-0.2, 0) is 4.79 Å². The summed E-state index contributed by atoms with van der Waals surface area (Å²) in [4.78, 5) is 12.5. The summed E-state index contributed by atoms with van der Waals surface area (Å²) in [5, 5.41) is 7.97. The van der Waals surface area contributed by atoms with Crippen LogP contribution in [0, 0.1) is 0 Å². The van der Waals surface area contributed by atoms with E-state index in [1.54, 1.807) is 6.92 Å². The Balaban J connectivity index is 2.39. The number of rotatable bonds is 4. The van der Waals surface area contributed by atoms with Crippen LogP contribution in [0.2, 0.25) is 0 Å². The lowest BCUT2D eigenvalue weighted by atomic mass is 10.3. The number of carbonyl (C=O) groups is 1. The molecule has 0 aliphatic rings. The van der Waals surface area contributed by atoms with Crippen LogP contribution in [0.1, 0.15) is 13.3 Å². The number of Topliss-reactive ketones (excluding diaryl/α,β-unsaturated/α-hetero) is 1. The molecule has 0 radical (unpaired) electrons. The predicted octanol–water partition coefficient (Wildman–Crippen LogP) is 0.348. The first-order valence-corrected chi connectivity index (χ1v) is 4.33. The molecule has 1 rings (SSSR count). The molecule has 0 aliphatic carbocycles. The van der Waals surface area contributed by atoms with Gasteiger partial charge in [0, 0.05) is 31.5 Å². The summed E-state index contributed by atoms with van der Waals surface area (Å²) >= 11 is 1.23. The molecular weight excluding hydrogens is 176 g/mol. The van der Waals surface area contributed by atoms with Gasteiger partial charge in [0.2, 0.25) is 5.13 Å². The second-order valence-corrected chi connectivity index (χ2v) is 3.23. The summed E-state index contributed by atoms with van der Waals surface area (Å²) in [5.41, 5.74) is 0. The zero-order valence-corrected chi connectivity index (χ0v) is 7.84. The standard InChI is InChI=1S/C6H10N4OS/c1-5(11)3-4-10(2)6-7-8-9-12-6/h3-4H2,1-2H3. The third-order valence-electron chi connectivity index (χ3n) is 1.42. The summed E-state index contributed by atoms with van der Waals surface area (Å²) in [5.74, 6) is 0.180. The van der Waals surface area contributed by atoms with E-state index in [1.165, 1.54) is 11.5 Å². The Morgan fingerprint density at radius 2 is 2.42 bits per heavy atom. The van der Waals surface area contributed by atoms with Gasteiger partial charge in [0.1, 0.15) is 5.78 Å². The molecule has 0 fully saturated rings. The Hall–Kier alpha value is -1.04. The molecule has 0 aliphatic heterocycles. The van der Waals surface area contributed by atoms with Crippen LogP contribution in [0.25, 0.3) is 0 Å². The van der Waals surface area contributed by atoms with Crippen LogP contribution in [-0.4, -0.2) is 34.2 Å². The van der Waals surface area contributed by atoms with Gasteiger partial charge in [0.05, 0.1) is 0 Å². The molecule has 1 aromatic heterocycles. The number of carbonyl (C=O) groups excluding carboxylic acids is 1. The highest BCUT2D eigenvalue weighted by Crippen LogP contribution is 2.10. The fourth-order valence-electron chi connectivity index (χ4n) is 0.696. The van der Waals surface area contributed by atoms with Crippen molar-refractivity contribution in [1.29, 1.82) is 0 Å². The lowest BCUT2D eigenvalue weighted by Crippen LogP contribution is -2.20. The lowest BCUT2D eigenvalue weighted by molar-refractivity contribution is -0.116. The summed E-state index contributed by atoms with van der Waals surface area (Å²) in [6.07, 6.45) is 0.538. The molecule has 0 amide bonds. The maximum Gasteiger partial charge on any atom is 0.227 e. The number of hydrogen-bond donors (Lipinski definition) is 0. The lowest BCUT2D eigenvalue weighted by Gasteiger charge is -2.12. The first kappa shape index (κ1) is 9.05. The van der Waals surface area contributed by atoms with Gasteiger partial charge < -0.3 is 4.90 Å². The van der Waals surface area contributed by atoms with Crippen LogP contribution >= 0.6 is 11.5 Å². The fourth-order valence-corrected chi connectivity index (χ4v) is 1.15. The molecule has 5 nitrogen and oxygen atoms in total. The minimum Gasteiger partial charge on any atom is -0.348 e. The van der Waals surface area contributed by atoms with Gasteiger partial charge in [-0.05, 0) is 12.1 Å². The van der Waals surface area contributed by atoms with Crippen molar-refractivity contribution >= 4 is 22.4 Å². The Kier molecular flexibility index (Phi) is 3.09. The quantitative estimate of drug-likeness (QED) is 0.679. The first-order chi connectivity index (χ1) is 5.70. The van der Waals surface area contributed by atoms with Gasteiger partial charge in [-0.15, -0.1) is 0 Å². The molecule has 1 heterocycles. The Labute approximate surface area is 74.6 Å². The molecule has 0 N–H and O–H groups in total. The topological polar surface area (TPSA) is 59.0 Å². The van der Waals surface area contributed by atoms with Crippen LogP contribution < -0.4 is 4.90 Å². The molecular formula is C6H10N4OS. The normalized spacial score (nSPS) is 9.83. The molecule has 0 spiro atoms. The maximum atomic E-state index is 10.6. The molecule has 0 aromatic carbocycles. The van der Waals surface area contributed by atoms with Gasteiger partial charge in [-0.1, -0.05) is 9.59 Å². The third-order valence-corrected chi connectivity index (χ3v) is 2.13. The molecule has 0 atom stereocenters. The monoisotopic (exact) mass is 186 g/mol. The van der Waals surface area contributed by atoms with Gasteiger partial charge in [0.15, 0.2) is 0 Å². The molecule has 66 valence electrons. The number of hydrogen-bond acceptors (Lipinski definition) is 6. The fraction of sp³-hybridized carbons (Fsp3) is 0.667. The molecule has 0 unspecified atom stereocenters. The van der Waals surface area contributed by atoms with Crippen LogP contribution in [0.3, 0.4) is 0 Å². The van der Waals surface area contributed by atoms with E-state index in [4.69, 9.17) is 0 Å². The number of ketones is 1. The average molecular weight is 186 g/mol. The maximum absolute atomic E-state index is 10.6. The van der Waals surface area contributed by atoms with E-state index in [9.17, 15) is 4.79 Å². The van der Waals surface area contributed by atoms with Crippen molar-refractivity contribution in [2.75, 3.05) is 18.5 Å². The number of aromatic nitrogens is 3. The molecule has 0 saturated heterocycles. The predicted molar refractivity (Wildman–Crippen MR) is 46.3 cm³/mol. The third kappa shape index (κ3) is 2.54. The van der Waals surface area contributed by atoms with Crippen LogP contribution in [0.15, 0.2) is 0 Å². The van der Waals surface area contributed by atoms with Crippen molar-refractivity contribution in [3.05, 3.63) is 0 Å². The van der Waals surface area contributed by atoms with Crippen molar-refractivity contribution < 1.29 is 4.79 Å². The van der Waals surface area contributed by atoms with Gasteiger partial charge in [-0.2, -0.15) is 0 Å². The van der Waals surface area contributed by atoms with E-state index < -0.39 is 0 Å². The van der Waals surface area contributed by atoms with E-state index >= 15 is 0 Å². The van der Waals surface area contributed by atoms with Crippen LogP contribution in [0.4, 0.5) is 5.13 Å². The molecule has 1 aromatic rings. The Bertz CT molecular complexity index is 248. The largest absolute Gasteiger partial charge is 0.348 e. The van der Waals surface area contributed by atoms with E-state index in [0.717, 1.165) is 5.13 Å². The van der Waals surface area contributed by atoms with Gasteiger partial charge in [0.25, 0.3) is 0 Å². The SMILES string of the molecule is CC(=O)CCN(C)c1nnns1.